The first kappa shape index (κ1) is 38.0. The Labute approximate surface area is 311 Å². The quantitative estimate of drug-likeness (QED) is 0.193. The van der Waals surface area contributed by atoms with Gasteiger partial charge in [0.05, 0.1) is 17.7 Å². The zero-order chi connectivity index (χ0) is 38.5. The van der Waals surface area contributed by atoms with Gasteiger partial charge in [0.15, 0.2) is 0 Å². The highest BCUT2D eigenvalue weighted by atomic mass is 32.2. The van der Waals surface area contributed by atoms with Crippen LogP contribution in [-0.2, 0) is 34.0 Å². The van der Waals surface area contributed by atoms with E-state index in [0.29, 0.717) is 18.6 Å². The Morgan fingerprint density at radius 3 is 2.08 bits per heavy atom. The molecule has 53 heavy (non-hydrogen) atoms. The number of oxime groups is 1. The van der Waals surface area contributed by atoms with Gasteiger partial charge in [-0.2, -0.15) is 0 Å². The maximum atomic E-state index is 14.5. The molecule has 5 atom stereocenters. The second-order valence-electron chi connectivity index (χ2n) is 16.5. The van der Waals surface area contributed by atoms with Gasteiger partial charge < -0.3 is 25.1 Å². The van der Waals surface area contributed by atoms with Crippen LogP contribution >= 0.6 is 0 Å². The highest BCUT2D eigenvalue weighted by Gasteiger charge is 2.62. The minimum atomic E-state index is -3.89. The van der Waals surface area contributed by atoms with Gasteiger partial charge in [-0.3, -0.25) is 19.1 Å². The number of rotatable bonds is 11. The highest BCUT2D eigenvalue weighted by molar-refractivity contribution is 7.91. The van der Waals surface area contributed by atoms with E-state index >= 15 is 0 Å². The van der Waals surface area contributed by atoms with Crippen molar-refractivity contribution in [2.75, 3.05) is 13.1 Å². The Bertz CT molecular complexity index is 1910. The predicted molar refractivity (Wildman–Crippen MR) is 199 cm³/mol. The number of hydrogen-bond acceptors (Lipinski definition) is 9. The number of carbonyl (C=O) groups excluding carboxylic acids is 4. The summed E-state index contributed by atoms with van der Waals surface area (Å²) in [5.74, 6) is -3.16. The van der Waals surface area contributed by atoms with E-state index in [0.717, 1.165) is 22.3 Å². The third kappa shape index (κ3) is 7.97. The molecule has 2 saturated carbocycles. The number of amides is 4. The molecule has 0 radical (unpaired) electrons. The van der Waals surface area contributed by atoms with E-state index in [1.165, 1.54) is 11.0 Å². The van der Waals surface area contributed by atoms with E-state index in [1.54, 1.807) is 20.8 Å². The third-order valence-corrected chi connectivity index (χ3v) is 12.1. The maximum absolute atomic E-state index is 14.5. The fraction of sp³-hybridized carbons (Fsp3) is 0.513. The molecule has 1 heterocycles. The maximum Gasteiger partial charge on any atom is 0.407 e. The summed E-state index contributed by atoms with van der Waals surface area (Å²) < 4.78 is 33.0. The number of ether oxygens (including phenoxy) is 1. The van der Waals surface area contributed by atoms with Gasteiger partial charge in [-0.1, -0.05) is 80.5 Å². The average Bonchev–Trinajstić information content (AvgIpc) is 3.98. The molecule has 13 nitrogen and oxygen atoms in total. The van der Waals surface area contributed by atoms with Crippen LogP contribution in [0.15, 0.2) is 66.3 Å². The summed E-state index contributed by atoms with van der Waals surface area (Å²) in [6.07, 6.45) is 1.26. The number of fused-ring (bicyclic) bond motifs is 3. The molecule has 2 aromatic carbocycles. The normalized spacial score (nSPS) is 23.9. The van der Waals surface area contributed by atoms with Crippen molar-refractivity contribution in [2.45, 2.75) is 95.8 Å². The van der Waals surface area contributed by atoms with E-state index < -0.39 is 79.6 Å². The number of alkyl carbamates (subject to hydrolysis) is 1. The van der Waals surface area contributed by atoms with Crippen molar-refractivity contribution in [3.8, 4) is 11.1 Å². The summed E-state index contributed by atoms with van der Waals surface area (Å²) in [6.45, 7) is 14.5. The molecule has 4 amide bonds. The number of nitrogens with one attached hydrogen (secondary N) is 3. The fourth-order valence-electron chi connectivity index (χ4n) is 7.07. The van der Waals surface area contributed by atoms with Crippen LogP contribution in [-0.4, -0.2) is 84.5 Å². The number of sulfonamides is 1. The van der Waals surface area contributed by atoms with Gasteiger partial charge in [-0.15, -0.1) is 6.58 Å². The van der Waals surface area contributed by atoms with Gasteiger partial charge in [0, 0.05) is 30.0 Å². The summed E-state index contributed by atoms with van der Waals surface area (Å²) in [5.41, 5.74) is 1.52. The lowest BCUT2D eigenvalue weighted by Gasteiger charge is -2.35. The molecule has 2 unspecified atom stereocenters. The second-order valence-corrected chi connectivity index (χ2v) is 18.4. The van der Waals surface area contributed by atoms with E-state index in [2.05, 4.69) is 27.1 Å². The minimum Gasteiger partial charge on any atom is -0.444 e. The Kier molecular flexibility index (Phi) is 9.99. The van der Waals surface area contributed by atoms with Crippen molar-refractivity contribution in [3.05, 3.63) is 72.3 Å². The lowest BCUT2D eigenvalue weighted by Crippen LogP contribution is -2.57. The summed E-state index contributed by atoms with van der Waals surface area (Å²) in [5, 5.41) is 9.49. The average molecular weight is 748 g/mol. The first-order chi connectivity index (χ1) is 24.8. The van der Waals surface area contributed by atoms with Crippen LogP contribution in [0.4, 0.5) is 4.79 Å². The van der Waals surface area contributed by atoms with Crippen molar-refractivity contribution < 1.29 is 37.2 Å². The van der Waals surface area contributed by atoms with Crippen molar-refractivity contribution in [1.29, 1.82) is 0 Å². The standard InChI is InChI=1S/C39H49N5O8S/c1-8-23-20-39(23,35(47)43-53(49,50)25-17-18-25)41-33(45)31-19-24(52-42-32-28-15-11-9-13-26(28)27-14-10-12-16-29(27)32)22-44(31)34(46)30(37(2,3)4)21-40-36(48)51-38(5,6)7/h8-16,23-25,30-31H,1,17-22H2,2-7H3,(H,40,48)(H,41,45)(H,43,47)/t23-,24?,30-,31?,39+/m1/s1. The molecule has 284 valence electrons. The van der Waals surface area contributed by atoms with Gasteiger partial charge in [0.1, 0.15) is 29.0 Å². The Hall–Kier alpha value is -4.72. The van der Waals surface area contributed by atoms with Crippen LogP contribution in [0.2, 0.25) is 0 Å². The van der Waals surface area contributed by atoms with Crippen LogP contribution in [0.3, 0.4) is 0 Å². The van der Waals surface area contributed by atoms with Gasteiger partial charge in [-0.05, 0) is 56.6 Å². The number of likely N-dealkylation sites (tertiary alicyclic amines) is 1. The predicted octanol–water partition coefficient (Wildman–Crippen LogP) is 4.26. The monoisotopic (exact) mass is 747 g/mol. The van der Waals surface area contributed by atoms with Gasteiger partial charge in [0.2, 0.25) is 21.8 Å². The molecular weight excluding hydrogens is 699 g/mol. The lowest BCUT2D eigenvalue weighted by atomic mass is 9.79. The number of nitrogens with zero attached hydrogens (tertiary/aromatic N) is 2. The van der Waals surface area contributed by atoms with Crippen LogP contribution < -0.4 is 15.4 Å². The highest BCUT2D eigenvalue weighted by Crippen LogP contribution is 2.46. The Balaban J connectivity index is 1.27. The zero-order valence-electron chi connectivity index (χ0n) is 31.1. The van der Waals surface area contributed by atoms with Crippen molar-refractivity contribution in [3.63, 3.8) is 0 Å². The minimum absolute atomic E-state index is 0.00382. The molecule has 14 heteroatoms. The second kappa shape index (κ2) is 13.9. The molecule has 3 aliphatic carbocycles. The fourth-order valence-corrected chi connectivity index (χ4v) is 8.43. The topological polar surface area (TPSA) is 173 Å². The third-order valence-electron chi connectivity index (χ3n) is 10.2. The molecule has 3 fully saturated rings. The van der Waals surface area contributed by atoms with Gasteiger partial charge in [-0.25, -0.2) is 13.2 Å². The molecule has 4 aliphatic rings. The zero-order valence-corrected chi connectivity index (χ0v) is 31.9. The van der Waals surface area contributed by atoms with Crippen LogP contribution in [0.1, 0.15) is 78.4 Å². The smallest absolute Gasteiger partial charge is 0.407 e. The number of carbonyl (C=O) groups is 4. The van der Waals surface area contributed by atoms with Crippen molar-refractivity contribution in [2.24, 2.45) is 22.4 Å². The summed E-state index contributed by atoms with van der Waals surface area (Å²) >= 11 is 0. The van der Waals surface area contributed by atoms with E-state index in [9.17, 15) is 27.6 Å². The van der Waals surface area contributed by atoms with Crippen LogP contribution in [0.25, 0.3) is 11.1 Å². The molecular formula is C39H49N5O8S. The largest absolute Gasteiger partial charge is 0.444 e. The molecule has 1 saturated heterocycles. The van der Waals surface area contributed by atoms with Crippen LogP contribution in [0.5, 0.6) is 0 Å². The van der Waals surface area contributed by atoms with E-state index in [1.807, 2.05) is 69.3 Å². The Morgan fingerprint density at radius 2 is 1.57 bits per heavy atom. The molecule has 6 rings (SSSR count). The number of hydrogen-bond donors (Lipinski definition) is 3. The molecule has 0 bridgehead atoms. The molecule has 0 spiro atoms. The first-order valence-electron chi connectivity index (χ1n) is 18.1. The lowest BCUT2D eigenvalue weighted by molar-refractivity contribution is -0.145. The SMILES string of the molecule is C=C[C@@H]1C[C@@]1(NC(=O)C1CC(ON=C2c3ccccc3-c3ccccc32)CN1C(=O)[C@@H](CNC(=O)OC(C)(C)C)C(C)(C)C)C(=O)NS(=O)(=O)C1CC1. The van der Waals surface area contributed by atoms with Crippen LogP contribution in [0, 0.1) is 17.3 Å². The summed E-state index contributed by atoms with van der Waals surface area (Å²) in [6, 6.07) is 14.6. The van der Waals surface area contributed by atoms with E-state index in [-0.39, 0.29) is 25.9 Å². The van der Waals surface area contributed by atoms with Crippen molar-refractivity contribution >= 4 is 39.5 Å². The van der Waals surface area contributed by atoms with E-state index in [4.69, 9.17) is 9.57 Å². The molecule has 1 aliphatic heterocycles. The first-order valence-corrected chi connectivity index (χ1v) is 19.6. The summed E-state index contributed by atoms with van der Waals surface area (Å²) in [4.78, 5) is 62.5. The van der Waals surface area contributed by atoms with Gasteiger partial charge in [0.25, 0.3) is 5.91 Å². The molecule has 0 aromatic heterocycles. The van der Waals surface area contributed by atoms with Crippen molar-refractivity contribution in [1.82, 2.24) is 20.3 Å². The summed E-state index contributed by atoms with van der Waals surface area (Å²) in [7, 11) is -3.89. The molecule has 3 N–H and O–H groups in total. The van der Waals surface area contributed by atoms with Gasteiger partial charge >= 0.3 is 6.09 Å². The Morgan fingerprint density at radius 1 is 0.981 bits per heavy atom. The number of benzene rings is 2. The molecule has 2 aromatic rings.